The van der Waals surface area contributed by atoms with Gasteiger partial charge in [-0.3, -0.25) is 4.79 Å². The first kappa shape index (κ1) is 17.4. The molecule has 1 atom stereocenters. The van der Waals surface area contributed by atoms with Crippen molar-refractivity contribution in [1.29, 1.82) is 0 Å². The highest BCUT2D eigenvalue weighted by Crippen LogP contribution is 2.25. The average molecular weight is 350 g/mol. The number of amides is 1. The van der Waals surface area contributed by atoms with E-state index in [1.165, 1.54) is 17.1 Å². The fourth-order valence-corrected chi connectivity index (χ4v) is 5.15. The molecule has 0 unspecified atom stereocenters. The van der Waals surface area contributed by atoms with Crippen molar-refractivity contribution in [1.82, 2.24) is 9.62 Å². The summed E-state index contributed by atoms with van der Waals surface area (Å²) >= 11 is 0. The number of hydrogen-bond donors (Lipinski definition) is 1. The van der Waals surface area contributed by atoms with E-state index in [9.17, 15) is 13.2 Å². The van der Waals surface area contributed by atoms with Crippen LogP contribution in [0, 0.1) is 12.8 Å². The molecule has 1 N–H and O–H groups in total. The van der Waals surface area contributed by atoms with E-state index >= 15 is 0 Å². The van der Waals surface area contributed by atoms with Gasteiger partial charge in [0.25, 0.3) is 0 Å². The van der Waals surface area contributed by atoms with Gasteiger partial charge in [-0.1, -0.05) is 30.5 Å². The maximum absolute atomic E-state index is 12.8. The van der Waals surface area contributed by atoms with Crippen molar-refractivity contribution in [3.63, 3.8) is 0 Å². The average Bonchev–Trinajstić information content (AvgIpc) is 3.08. The summed E-state index contributed by atoms with van der Waals surface area (Å²) < 4.78 is 27.1. The van der Waals surface area contributed by atoms with E-state index in [2.05, 4.69) is 5.32 Å². The van der Waals surface area contributed by atoms with Crippen LogP contribution in [0.15, 0.2) is 29.2 Å². The SMILES string of the molecule is Cc1ccc(S(=O)(=O)N2CCC[C@@H](C(=O)NC3CCCC3)C2)cc1. The predicted octanol–water partition coefficient (Wildman–Crippen LogP) is 2.45. The molecule has 1 saturated heterocycles. The number of carbonyl (C=O) groups is 1. The second-order valence-electron chi connectivity index (χ2n) is 7.01. The summed E-state index contributed by atoms with van der Waals surface area (Å²) in [4.78, 5) is 12.8. The molecule has 1 aromatic rings. The fraction of sp³-hybridized carbons (Fsp3) is 0.611. The highest BCUT2D eigenvalue weighted by Gasteiger charge is 2.34. The van der Waals surface area contributed by atoms with Crippen molar-refractivity contribution >= 4 is 15.9 Å². The standard InChI is InChI=1S/C18H26N2O3S/c1-14-8-10-17(11-9-14)24(22,23)20-12-4-5-15(13-20)18(21)19-16-6-2-3-7-16/h8-11,15-16H,2-7,12-13H2,1H3,(H,19,21)/t15-/m1/s1. The molecule has 2 aliphatic rings. The fourth-order valence-electron chi connectivity index (χ4n) is 3.62. The maximum Gasteiger partial charge on any atom is 0.243 e. The molecule has 132 valence electrons. The topological polar surface area (TPSA) is 66.5 Å². The minimum atomic E-state index is -3.52. The number of benzene rings is 1. The number of sulfonamides is 1. The highest BCUT2D eigenvalue weighted by atomic mass is 32.2. The molecule has 0 bridgehead atoms. The van der Waals surface area contributed by atoms with Crippen molar-refractivity contribution in [3.8, 4) is 0 Å². The minimum Gasteiger partial charge on any atom is -0.353 e. The lowest BCUT2D eigenvalue weighted by Crippen LogP contribution is -2.47. The molecule has 1 aromatic carbocycles. The van der Waals surface area contributed by atoms with Gasteiger partial charge in [0.2, 0.25) is 15.9 Å². The second kappa shape index (κ2) is 7.23. The monoisotopic (exact) mass is 350 g/mol. The largest absolute Gasteiger partial charge is 0.353 e. The first-order valence-electron chi connectivity index (χ1n) is 8.84. The second-order valence-corrected chi connectivity index (χ2v) is 8.94. The van der Waals surface area contributed by atoms with Gasteiger partial charge in [0.05, 0.1) is 10.8 Å². The molecule has 0 radical (unpaired) electrons. The molecule has 1 heterocycles. The Morgan fingerprint density at radius 2 is 1.75 bits per heavy atom. The molecule has 2 fully saturated rings. The van der Waals surface area contributed by atoms with E-state index < -0.39 is 10.0 Å². The summed E-state index contributed by atoms with van der Waals surface area (Å²) in [6, 6.07) is 7.18. The zero-order chi connectivity index (χ0) is 17.2. The molecule has 1 amide bonds. The minimum absolute atomic E-state index is 0.0192. The summed E-state index contributed by atoms with van der Waals surface area (Å²) in [7, 11) is -3.52. The van der Waals surface area contributed by atoms with Crippen LogP contribution in [-0.4, -0.2) is 37.8 Å². The number of nitrogens with one attached hydrogen (secondary N) is 1. The van der Waals surface area contributed by atoms with Gasteiger partial charge in [-0.05, 0) is 44.7 Å². The first-order valence-corrected chi connectivity index (χ1v) is 10.3. The molecule has 24 heavy (non-hydrogen) atoms. The van der Waals surface area contributed by atoms with Crippen molar-refractivity contribution in [2.24, 2.45) is 5.92 Å². The Morgan fingerprint density at radius 3 is 2.42 bits per heavy atom. The van der Waals surface area contributed by atoms with Crippen LogP contribution in [0.2, 0.25) is 0 Å². The molecule has 0 aromatic heterocycles. The Hall–Kier alpha value is -1.40. The number of rotatable bonds is 4. The van der Waals surface area contributed by atoms with Gasteiger partial charge in [0.1, 0.15) is 0 Å². The van der Waals surface area contributed by atoms with Crippen LogP contribution in [-0.2, 0) is 14.8 Å². The van der Waals surface area contributed by atoms with E-state index in [1.54, 1.807) is 24.3 Å². The van der Waals surface area contributed by atoms with Crippen molar-refractivity contribution in [2.45, 2.75) is 56.4 Å². The summed E-state index contributed by atoms with van der Waals surface area (Å²) in [5.41, 5.74) is 1.03. The molecule has 6 heteroatoms. The Kier molecular flexibility index (Phi) is 5.25. The Bertz CT molecular complexity index is 679. The normalized spacial score (nSPS) is 23.3. The van der Waals surface area contributed by atoms with E-state index in [1.807, 2.05) is 6.92 Å². The molecule has 1 saturated carbocycles. The van der Waals surface area contributed by atoms with E-state index in [0.29, 0.717) is 11.4 Å². The van der Waals surface area contributed by atoms with Crippen molar-refractivity contribution < 1.29 is 13.2 Å². The lowest BCUT2D eigenvalue weighted by molar-refractivity contribution is -0.126. The Balaban J connectivity index is 1.68. The van der Waals surface area contributed by atoms with E-state index in [0.717, 1.165) is 31.2 Å². The summed E-state index contributed by atoms with van der Waals surface area (Å²) in [6.07, 6.45) is 5.92. The summed E-state index contributed by atoms with van der Waals surface area (Å²) in [6.45, 7) is 2.71. The number of hydrogen-bond acceptors (Lipinski definition) is 3. The Morgan fingerprint density at radius 1 is 1.08 bits per heavy atom. The van der Waals surface area contributed by atoms with Crippen LogP contribution in [0.4, 0.5) is 0 Å². The molecule has 1 aliphatic heterocycles. The molecule has 3 rings (SSSR count). The lowest BCUT2D eigenvalue weighted by atomic mass is 9.98. The quantitative estimate of drug-likeness (QED) is 0.907. The zero-order valence-corrected chi connectivity index (χ0v) is 15.0. The molecule has 0 spiro atoms. The van der Waals surface area contributed by atoms with Gasteiger partial charge in [0.15, 0.2) is 0 Å². The van der Waals surface area contributed by atoms with Crippen LogP contribution in [0.1, 0.15) is 44.1 Å². The molecular weight excluding hydrogens is 324 g/mol. The van der Waals surface area contributed by atoms with Crippen LogP contribution < -0.4 is 5.32 Å². The van der Waals surface area contributed by atoms with Crippen LogP contribution in [0.25, 0.3) is 0 Å². The number of aryl methyl sites for hydroxylation is 1. The summed E-state index contributed by atoms with van der Waals surface area (Å²) in [5, 5.41) is 3.11. The van der Waals surface area contributed by atoms with E-state index in [-0.39, 0.29) is 24.4 Å². The third-order valence-electron chi connectivity index (χ3n) is 5.12. The van der Waals surface area contributed by atoms with Gasteiger partial charge in [0, 0.05) is 19.1 Å². The first-order chi connectivity index (χ1) is 11.5. The van der Waals surface area contributed by atoms with Crippen LogP contribution in [0.5, 0.6) is 0 Å². The van der Waals surface area contributed by atoms with Crippen LogP contribution in [0.3, 0.4) is 0 Å². The number of nitrogens with zero attached hydrogens (tertiary/aromatic N) is 1. The van der Waals surface area contributed by atoms with Gasteiger partial charge in [-0.15, -0.1) is 0 Å². The van der Waals surface area contributed by atoms with Gasteiger partial charge < -0.3 is 5.32 Å². The summed E-state index contributed by atoms with van der Waals surface area (Å²) in [5.74, 6) is -0.217. The molecule has 5 nitrogen and oxygen atoms in total. The smallest absolute Gasteiger partial charge is 0.243 e. The third-order valence-corrected chi connectivity index (χ3v) is 6.99. The maximum atomic E-state index is 12.8. The number of piperidine rings is 1. The molecule has 1 aliphatic carbocycles. The van der Waals surface area contributed by atoms with Gasteiger partial charge in [-0.2, -0.15) is 4.31 Å². The molecular formula is C18H26N2O3S. The predicted molar refractivity (Wildman–Crippen MR) is 93.1 cm³/mol. The Labute approximate surface area is 144 Å². The highest BCUT2D eigenvalue weighted by molar-refractivity contribution is 7.89. The number of carbonyl (C=O) groups excluding carboxylic acids is 1. The van der Waals surface area contributed by atoms with Crippen molar-refractivity contribution in [3.05, 3.63) is 29.8 Å². The zero-order valence-electron chi connectivity index (χ0n) is 14.2. The van der Waals surface area contributed by atoms with Gasteiger partial charge in [-0.25, -0.2) is 8.42 Å². The van der Waals surface area contributed by atoms with Crippen LogP contribution >= 0.6 is 0 Å². The van der Waals surface area contributed by atoms with Crippen molar-refractivity contribution in [2.75, 3.05) is 13.1 Å². The lowest BCUT2D eigenvalue weighted by Gasteiger charge is -2.31. The van der Waals surface area contributed by atoms with E-state index in [4.69, 9.17) is 0 Å². The third kappa shape index (κ3) is 3.81. The van der Waals surface area contributed by atoms with Gasteiger partial charge >= 0.3 is 0 Å².